The van der Waals surface area contributed by atoms with Gasteiger partial charge in [-0.2, -0.15) is 0 Å². The van der Waals surface area contributed by atoms with Crippen molar-refractivity contribution in [1.82, 2.24) is 5.32 Å². The normalized spacial score (nSPS) is 11.2. The summed E-state index contributed by atoms with van der Waals surface area (Å²) in [6, 6.07) is 12.3. The van der Waals surface area contributed by atoms with Gasteiger partial charge in [-0.05, 0) is 31.2 Å². The second-order valence-corrected chi connectivity index (χ2v) is 7.89. The van der Waals surface area contributed by atoms with Crippen molar-refractivity contribution < 1.29 is 13.2 Å². The number of amides is 1. The van der Waals surface area contributed by atoms with Gasteiger partial charge in [-0.15, -0.1) is 11.3 Å². The number of carbonyl (C=O) groups is 1. The molecule has 7 heteroatoms. The molecule has 1 amide bonds. The highest BCUT2D eigenvalue weighted by atomic mass is 32.2. The highest BCUT2D eigenvalue weighted by Gasteiger charge is 2.25. The molecule has 1 N–H and O–H groups in total. The average molecular weight is 338 g/mol. The summed E-state index contributed by atoms with van der Waals surface area (Å²) in [5, 5.41) is 2.66. The summed E-state index contributed by atoms with van der Waals surface area (Å²) >= 11 is 1.18. The minimum Gasteiger partial charge on any atom is -0.351 e. The van der Waals surface area contributed by atoms with E-state index in [1.54, 1.807) is 31.2 Å². The minimum atomic E-state index is -3.58. The van der Waals surface area contributed by atoms with Crippen LogP contribution in [0.25, 0.3) is 0 Å². The molecular weight excluding hydrogens is 320 g/mol. The van der Waals surface area contributed by atoms with Crippen LogP contribution in [0.3, 0.4) is 0 Å². The van der Waals surface area contributed by atoms with Crippen molar-refractivity contribution in [2.75, 3.05) is 10.8 Å². The summed E-state index contributed by atoms with van der Waals surface area (Å²) in [6.45, 7) is 3.92. The van der Waals surface area contributed by atoms with Gasteiger partial charge in [-0.25, -0.2) is 8.42 Å². The number of benzene rings is 1. The molecule has 0 aliphatic heterocycles. The number of nitrogens with zero attached hydrogens (tertiary/aromatic N) is 1. The summed E-state index contributed by atoms with van der Waals surface area (Å²) in [5.41, 5.74) is 0.641. The van der Waals surface area contributed by atoms with Crippen molar-refractivity contribution in [1.29, 1.82) is 0 Å². The van der Waals surface area contributed by atoms with Crippen LogP contribution in [-0.2, 0) is 21.4 Å². The molecule has 0 aliphatic carbocycles. The summed E-state index contributed by atoms with van der Waals surface area (Å²) in [4.78, 5) is 11.7. The molecule has 2 aromatic rings. The van der Waals surface area contributed by atoms with Gasteiger partial charge in [-0.1, -0.05) is 18.2 Å². The smallest absolute Gasteiger partial charge is 0.273 e. The maximum Gasteiger partial charge on any atom is 0.273 e. The summed E-state index contributed by atoms with van der Waals surface area (Å²) < 4.78 is 27.2. The number of anilines is 1. The molecule has 0 radical (unpaired) electrons. The van der Waals surface area contributed by atoms with Crippen LogP contribution in [0.1, 0.15) is 18.7 Å². The predicted molar refractivity (Wildman–Crippen MR) is 88.5 cm³/mol. The van der Waals surface area contributed by atoms with Gasteiger partial charge in [0.05, 0.1) is 12.2 Å². The van der Waals surface area contributed by atoms with Crippen molar-refractivity contribution in [3.63, 3.8) is 0 Å². The van der Waals surface area contributed by atoms with Crippen molar-refractivity contribution in [3.05, 3.63) is 47.3 Å². The molecule has 0 aliphatic rings. The summed E-state index contributed by atoms with van der Waals surface area (Å²) in [5.74, 6) is -0.141. The van der Waals surface area contributed by atoms with Crippen molar-refractivity contribution in [2.45, 2.75) is 24.6 Å². The van der Waals surface area contributed by atoms with E-state index in [1.807, 2.05) is 18.2 Å². The summed E-state index contributed by atoms with van der Waals surface area (Å²) in [6.07, 6.45) is 0. The van der Waals surface area contributed by atoms with Gasteiger partial charge >= 0.3 is 0 Å². The molecule has 118 valence electrons. The van der Waals surface area contributed by atoms with Crippen LogP contribution >= 0.6 is 11.3 Å². The number of carbonyl (C=O) groups excluding carboxylic acids is 1. The standard InChI is InChI=1S/C15H18N2O3S2/c1-3-17(13-7-5-4-6-8-13)22(19,20)15-10-9-14(21-15)11-16-12(2)18/h4-10H,3,11H2,1-2H3,(H,16,18). The molecular formula is C15H18N2O3S2. The zero-order valence-electron chi connectivity index (χ0n) is 12.4. The highest BCUT2D eigenvalue weighted by molar-refractivity contribution is 7.94. The van der Waals surface area contributed by atoms with E-state index < -0.39 is 10.0 Å². The van der Waals surface area contributed by atoms with E-state index in [0.29, 0.717) is 18.8 Å². The molecule has 5 nitrogen and oxygen atoms in total. The maximum absolute atomic E-state index is 12.8. The maximum atomic E-state index is 12.8. The molecule has 1 aromatic carbocycles. The third-order valence-corrected chi connectivity index (χ3v) is 6.48. The molecule has 22 heavy (non-hydrogen) atoms. The second kappa shape index (κ2) is 6.93. The molecule has 0 saturated heterocycles. The van der Waals surface area contributed by atoms with Crippen LogP contribution < -0.4 is 9.62 Å². The Bertz CT molecular complexity index is 739. The number of rotatable bonds is 6. The fourth-order valence-corrected chi connectivity index (χ4v) is 4.88. The van der Waals surface area contributed by atoms with Gasteiger partial charge in [0.2, 0.25) is 5.91 Å². The quantitative estimate of drug-likeness (QED) is 0.880. The van der Waals surface area contributed by atoms with E-state index in [9.17, 15) is 13.2 Å². The first-order valence-corrected chi connectivity index (χ1v) is 9.11. The first-order chi connectivity index (χ1) is 10.4. The Kier molecular flexibility index (Phi) is 5.20. The van der Waals surface area contributed by atoms with Crippen LogP contribution in [0.2, 0.25) is 0 Å². The minimum absolute atomic E-state index is 0.141. The number of nitrogens with one attached hydrogen (secondary N) is 1. The molecule has 2 rings (SSSR count). The number of sulfonamides is 1. The Morgan fingerprint density at radius 2 is 1.86 bits per heavy atom. The van der Waals surface area contributed by atoms with E-state index in [1.165, 1.54) is 22.6 Å². The number of hydrogen-bond acceptors (Lipinski definition) is 4. The average Bonchev–Trinajstić information content (AvgIpc) is 2.96. The van der Waals surface area contributed by atoms with E-state index in [4.69, 9.17) is 0 Å². The lowest BCUT2D eigenvalue weighted by Gasteiger charge is -2.21. The van der Waals surface area contributed by atoms with Crippen molar-refractivity contribution >= 4 is 33.0 Å². The molecule has 0 fully saturated rings. The zero-order valence-corrected chi connectivity index (χ0v) is 14.1. The summed E-state index contributed by atoms with van der Waals surface area (Å²) in [7, 11) is -3.58. The Balaban J connectivity index is 2.27. The van der Waals surface area contributed by atoms with Gasteiger partial charge in [0.25, 0.3) is 10.0 Å². The SMILES string of the molecule is CCN(c1ccccc1)S(=O)(=O)c1ccc(CNC(C)=O)s1. The van der Waals surface area contributed by atoms with Crippen LogP contribution in [0, 0.1) is 0 Å². The molecule has 0 spiro atoms. The zero-order chi connectivity index (χ0) is 16.2. The van der Waals surface area contributed by atoms with Crippen LogP contribution in [0.5, 0.6) is 0 Å². The van der Waals surface area contributed by atoms with Gasteiger partial charge in [-0.3, -0.25) is 9.10 Å². The first-order valence-electron chi connectivity index (χ1n) is 6.86. The van der Waals surface area contributed by atoms with E-state index in [2.05, 4.69) is 5.32 Å². The monoisotopic (exact) mass is 338 g/mol. The lowest BCUT2D eigenvalue weighted by molar-refractivity contribution is -0.119. The van der Waals surface area contributed by atoms with Crippen LogP contribution in [-0.4, -0.2) is 20.9 Å². The van der Waals surface area contributed by atoms with Gasteiger partial charge in [0, 0.05) is 18.3 Å². The Morgan fingerprint density at radius 3 is 2.45 bits per heavy atom. The van der Waals surface area contributed by atoms with Gasteiger partial charge in [0.1, 0.15) is 4.21 Å². The van der Waals surface area contributed by atoms with E-state index >= 15 is 0 Å². The number of para-hydroxylation sites is 1. The third kappa shape index (κ3) is 3.66. The number of hydrogen-bond donors (Lipinski definition) is 1. The highest BCUT2D eigenvalue weighted by Crippen LogP contribution is 2.28. The molecule has 0 unspecified atom stereocenters. The second-order valence-electron chi connectivity index (χ2n) is 4.64. The Hall–Kier alpha value is -1.86. The topological polar surface area (TPSA) is 66.5 Å². The molecule has 1 heterocycles. The van der Waals surface area contributed by atoms with Crippen molar-refractivity contribution in [3.8, 4) is 0 Å². The van der Waals surface area contributed by atoms with Gasteiger partial charge in [0.15, 0.2) is 0 Å². The fourth-order valence-electron chi connectivity index (χ4n) is 2.00. The Labute approximate surface area is 134 Å². The molecule has 0 atom stereocenters. The first kappa shape index (κ1) is 16.5. The number of thiophene rings is 1. The van der Waals surface area contributed by atoms with Crippen LogP contribution in [0.4, 0.5) is 5.69 Å². The fraction of sp³-hybridized carbons (Fsp3) is 0.267. The largest absolute Gasteiger partial charge is 0.351 e. The molecule has 1 aromatic heterocycles. The third-order valence-electron chi connectivity index (χ3n) is 3.02. The predicted octanol–water partition coefficient (Wildman–Crippen LogP) is 2.60. The Morgan fingerprint density at radius 1 is 1.18 bits per heavy atom. The van der Waals surface area contributed by atoms with Crippen molar-refractivity contribution in [2.24, 2.45) is 0 Å². The lowest BCUT2D eigenvalue weighted by Crippen LogP contribution is -2.30. The van der Waals surface area contributed by atoms with Gasteiger partial charge < -0.3 is 5.32 Å². The van der Waals surface area contributed by atoms with E-state index in [-0.39, 0.29) is 10.1 Å². The van der Waals surface area contributed by atoms with Crippen LogP contribution in [0.15, 0.2) is 46.7 Å². The lowest BCUT2D eigenvalue weighted by atomic mass is 10.3. The molecule has 0 saturated carbocycles. The van der Waals surface area contributed by atoms with E-state index in [0.717, 1.165) is 4.88 Å². The molecule has 0 bridgehead atoms.